The minimum absolute atomic E-state index is 0.0574. The van der Waals surface area contributed by atoms with Gasteiger partial charge < -0.3 is 15.4 Å². The second kappa shape index (κ2) is 4.83. The number of hydrogen-bond donors (Lipinski definition) is 2. The first-order valence-electron chi connectivity index (χ1n) is 5.34. The summed E-state index contributed by atoms with van der Waals surface area (Å²) in [6.07, 6.45) is 3.52. The Morgan fingerprint density at radius 2 is 2.50 bits per heavy atom. The van der Waals surface area contributed by atoms with Gasteiger partial charge in [0.05, 0.1) is 7.11 Å². The van der Waals surface area contributed by atoms with E-state index in [4.69, 9.17) is 4.74 Å². The summed E-state index contributed by atoms with van der Waals surface area (Å²) in [6.45, 7) is 0.774. The summed E-state index contributed by atoms with van der Waals surface area (Å²) in [5, 5.41) is 6.01. The van der Waals surface area contributed by atoms with Crippen molar-refractivity contribution in [3.63, 3.8) is 0 Å². The van der Waals surface area contributed by atoms with Crippen LogP contribution in [0.25, 0.3) is 0 Å². The lowest BCUT2D eigenvalue weighted by Gasteiger charge is -2.23. The van der Waals surface area contributed by atoms with E-state index in [0.717, 1.165) is 25.1 Å². The molecule has 1 fully saturated rings. The first kappa shape index (κ1) is 10.7. The minimum atomic E-state index is -0.152. The van der Waals surface area contributed by atoms with Crippen LogP contribution >= 0.6 is 0 Å². The summed E-state index contributed by atoms with van der Waals surface area (Å²) in [7, 11) is 1.57. The number of carbonyl (C=O) groups is 1. The molecule has 5 nitrogen and oxygen atoms in total. The van der Waals surface area contributed by atoms with Crippen LogP contribution in [0.1, 0.15) is 12.8 Å². The maximum Gasteiger partial charge on any atom is 0.242 e. The Hall–Kier alpha value is -1.78. The van der Waals surface area contributed by atoms with Gasteiger partial charge in [0.15, 0.2) is 0 Å². The van der Waals surface area contributed by atoms with E-state index in [9.17, 15) is 4.79 Å². The lowest BCUT2D eigenvalue weighted by molar-refractivity contribution is -0.123. The van der Waals surface area contributed by atoms with Crippen LogP contribution in [0.3, 0.4) is 0 Å². The lowest BCUT2D eigenvalue weighted by atomic mass is 10.1. The van der Waals surface area contributed by atoms with E-state index in [-0.39, 0.29) is 11.9 Å². The lowest BCUT2D eigenvalue weighted by Crippen LogP contribution is -2.44. The third-order valence-electron chi connectivity index (χ3n) is 2.57. The molecule has 0 aromatic carbocycles. The van der Waals surface area contributed by atoms with Gasteiger partial charge in [-0.1, -0.05) is 0 Å². The first-order valence-corrected chi connectivity index (χ1v) is 5.34. The fraction of sp³-hybridized carbons (Fsp3) is 0.455. The number of piperidine rings is 1. The Morgan fingerprint density at radius 1 is 1.62 bits per heavy atom. The van der Waals surface area contributed by atoms with E-state index < -0.39 is 0 Å². The van der Waals surface area contributed by atoms with Gasteiger partial charge in [-0.3, -0.25) is 4.79 Å². The van der Waals surface area contributed by atoms with Crippen LogP contribution in [0.5, 0.6) is 5.88 Å². The standard InChI is InChI=1S/C11H15N3O2/c1-16-10-7-8(4-6-12-10)14-9-3-2-5-13-11(9)15/h4,6-7,9H,2-3,5H2,1H3,(H,12,14)(H,13,15). The topological polar surface area (TPSA) is 63.2 Å². The van der Waals surface area contributed by atoms with Crippen molar-refractivity contribution in [3.05, 3.63) is 18.3 Å². The van der Waals surface area contributed by atoms with Crippen molar-refractivity contribution in [1.82, 2.24) is 10.3 Å². The second-order valence-corrected chi connectivity index (χ2v) is 3.72. The highest BCUT2D eigenvalue weighted by atomic mass is 16.5. The van der Waals surface area contributed by atoms with Crippen LogP contribution in [0, 0.1) is 0 Å². The summed E-state index contributed by atoms with van der Waals surface area (Å²) < 4.78 is 5.02. The molecule has 1 amide bonds. The van der Waals surface area contributed by atoms with E-state index in [1.54, 1.807) is 19.4 Å². The molecule has 2 rings (SSSR count). The number of anilines is 1. The van der Waals surface area contributed by atoms with E-state index >= 15 is 0 Å². The van der Waals surface area contributed by atoms with Crippen LogP contribution in [-0.2, 0) is 4.79 Å². The smallest absolute Gasteiger partial charge is 0.242 e. The van der Waals surface area contributed by atoms with E-state index in [0.29, 0.717) is 5.88 Å². The highest BCUT2D eigenvalue weighted by Gasteiger charge is 2.21. The molecule has 86 valence electrons. The molecular weight excluding hydrogens is 206 g/mol. The molecule has 0 bridgehead atoms. The third kappa shape index (κ3) is 2.42. The molecule has 1 aliphatic rings. The maximum atomic E-state index is 11.5. The van der Waals surface area contributed by atoms with Crippen molar-refractivity contribution in [2.45, 2.75) is 18.9 Å². The molecular formula is C11H15N3O2. The van der Waals surface area contributed by atoms with Gasteiger partial charge in [-0.25, -0.2) is 4.98 Å². The third-order valence-corrected chi connectivity index (χ3v) is 2.57. The predicted molar refractivity (Wildman–Crippen MR) is 60.4 cm³/mol. The summed E-state index contributed by atoms with van der Waals surface area (Å²) in [4.78, 5) is 15.5. The molecule has 2 N–H and O–H groups in total. The van der Waals surface area contributed by atoms with Gasteiger partial charge in [-0.05, 0) is 18.9 Å². The molecule has 1 unspecified atom stereocenters. The zero-order chi connectivity index (χ0) is 11.4. The number of ether oxygens (including phenoxy) is 1. The zero-order valence-corrected chi connectivity index (χ0v) is 9.19. The van der Waals surface area contributed by atoms with E-state index in [2.05, 4.69) is 15.6 Å². The van der Waals surface area contributed by atoms with Gasteiger partial charge in [0.2, 0.25) is 11.8 Å². The minimum Gasteiger partial charge on any atom is -0.481 e. The number of nitrogens with one attached hydrogen (secondary N) is 2. The van der Waals surface area contributed by atoms with Crippen molar-refractivity contribution in [3.8, 4) is 5.88 Å². The molecule has 16 heavy (non-hydrogen) atoms. The summed E-state index contributed by atoms with van der Waals surface area (Å²) in [5.74, 6) is 0.600. The van der Waals surface area contributed by atoms with Gasteiger partial charge >= 0.3 is 0 Å². The number of rotatable bonds is 3. The quantitative estimate of drug-likeness (QED) is 0.791. The molecule has 1 atom stereocenters. The van der Waals surface area contributed by atoms with Crippen LogP contribution in [-0.4, -0.2) is 30.6 Å². The highest BCUT2D eigenvalue weighted by molar-refractivity contribution is 5.85. The maximum absolute atomic E-state index is 11.5. The molecule has 0 spiro atoms. The number of amides is 1. The summed E-state index contributed by atoms with van der Waals surface area (Å²) in [6, 6.07) is 3.45. The number of nitrogens with zero attached hydrogens (tertiary/aromatic N) is 1. The normalized spacial score (nSPS) is 20.1. The van der Waals surface area contributed by atoms with Crippen molar-refractivity contribution in [2.75, 3.05) is 19.0 Å². The molecule has 1 aromatic heterocycles. The van der Waals surface area contributed by atoms with Crippen LogP contribution in [0.15, 0.2) is 18.3 Å². The van der Waals surface area contributed by atoms with Crippen LogP contribution in [0.4, 0.5) is 5.69 Å². The average Bonchev–Trinajstić information content (AvgIpc) is 2.32. The predicted octanol–water partition coefficient (Wildman–Crippen LogP) is 0.781. The number of aromatic nitrogens is 1. The number of carbonyl (C=O) groups excluding carboxylic acids is 1. The number of hydrogen-bond acceptors (Lipinski definition) is 4. The Balaban J connectivity index is 2.04. The van der Waals surface area contributed by atoms with E-state index in [1.807, 2.05) is 6.07 Å². The molecule has 5 heteroatoms. The number of pyridine rings is 1. The van der Waals surface area contributed by atoms with Gasteiger partial charge in [-0.2, -0.15) is 0 Å². The Bertz CT molecular complexity index is 381. The molecule has 1 saturated heterocycles. The summed E-state index contributed by atoms with van der Waals surface area (Å²) in [5.41, 5.74) is 0.855. The SMILES string of the molecule is COc1cc(NC2CCCNC2=O)ccn1. The Labute approximate surface area is 94.2 Å². The molecule has 2 heterocycles. The second-order valence-electron chi connectivity index (χ2n) is 3.72. The van der Waals surface area contributed by atoms with Crippen molar-refractivity contribution in [1.29, 1.82) is 0 Å². The Morgan fingerprint density at radius 3 is 3.25 bits per heavy atom. The average molecular weight is 221 g/mol. The van der Waals surface area contributed by atoms with Gasteiger partial charge in [-0.15, -0.1) is 0 Å². The van der Waals surface area contributed by atoms with Crippen molar-refractivity contribution >= 4 is 11.6 Å². The largest absolute Gasteiger partial charge is 0.481 e. The highest BCUT2D eigenvalue weighted by Crippen LogP contribution is 2.16. The summed E-state index contributed by atoms with van der Waals surface area (Å²) >= 11 is 0. The fourth-order valence-corrected chi connectivity index (χ4v) is 1.72. The van der Waals surface area contributed by atoms with Gasteiger partial charge in [0.1, 0.15) is 6.04 Å². The fourth-order valence-electron chi connectivity index (χ4n) is 1.72. The molecule has 0 aliphatic carbocycles. The monoisotopic (exact) mass is 221 g/mol. The molecule has 1 aliphatic heterocycles. The van der Waals surface area contributed by atoms with Gasteiger partial charge in [0.25, 0.3) is 0 Å². The zero-order valence-electron chi connectivity index (χ0n) is 9.19. The molecule has 0 radical (unpaired) electrons. The van der Waals surface area contributed by atoms with Gasteiger partial charge in [0, 0.05) is 24.5 Å². The van der Waals surface area contributed by atoms with Crippen molar-refractivity contribution in [2.24, 2.45) is 0 Å². The van der Waals surface area contributed by atoms with Crippen molar-refractivity contribution < 1.29 is 9.53 Å². The van der Waals surface area contributed by atoms with E-state index in [1.165, 1.54) is 0 Å². The molecule has 0 saturated carbocycles. The van der Waals surface area contributed by atoms with Crippen LogP contribution in [0.2, 0.25) is 0 Å². The Kier molecular flexibility index (Phi) is 3.24. The first-order chi connectivity index (χ1) is 7.79. The van der Waals surface area contributed by atoms with Crippen LogP contribution < -0.4 is 15.4 Å². The molecule has 1 aromatic rings. The number of methoxy groups -OCH3 is 1.